The lowest BCUT2D eigenvalue weighted by molar-refractivity contribution is 0.187. The van der Waals surface area contributed by atoms with Crippen LogP contribution in [0.4, 0.5) is 5.95 Å². The molecular formula is C27H28N6O. The third-order valence-electron chi connectivity index (χ3n) is 8.60. The molecule has 0 unspecified atom stereocenters. The van der Waals surface area contributed by atoms with Gasteiger partial charge in [0, 0.05) is 24.5 Å². The zero-order valence-electron chi connectivity index (χ0n) is 19.1. The van der Waals surface area contributed by atoms with E-state index < -0.39 is 0 Å². The molecule has 1 saturated heterocycles. The van der Waals surface area contributed by atoms with Crippen LogP contribution in [0.2, 0.25) is 0 Å². The molecule has 1 atom stereocenters. The summed E-state index contributed by atoms with van der Waals surface area (Å²) in [6.45, 7) is 1.65. The Labute approximate surface area is 197 Å². The van der Waals surface area contributed by atoms with Gasteiger partial charge in [-0.25, -0.2) is 0 Å². The van der Waals surface area contributed by atoms with Gasteiger partial charge in [0.05, 0.1) is 5.69 Å². The summed E-state index contributed by atoms with van der Waals surface area (Å²) in [5.41, 5.74) is 11.8. The quantitative estimate of drug-likeness (QED) is 0.441. The minimum atomic E-state index is -0.180. The van der Waals surface area contributed by atoms with Crippen molar-refractivity contribution in [3.8, 4) is 0 Å². The number of rotatable bonds is 3. The van der Waals surface area contributed by atoms with Crippen molar-refractivity contribution in [3.63, 3.8) is 0 Å². The van der Waals surface area contributed by atoms with E-state index in [-0.39, 0.29) is 22.4 Å². The number of fused-ring (bicyclic) bond motifs is 2. The Morgan fingerprint density at radius 3 is 2.44 bits per heavy atom. The third-order valence-corrected chi connectivity index (χ3v) is 8.60. The van der Waals surface area contributed by atoms with E-state index in [1.54, 1.807) is 0 Å². The molecule has 4 N–H and O–H groups in total. The normalized spacial score (nSPS) is 22.3. The van der Waals surface area contributed by atoms with Crippen molar-refractivity contribution < 1.29 is 0 Å². The first-order chi connectivity index (χ1) is 16.6. The highest BCUT2D eigenvalue weighted by Gasteiger charge is 2.50. The molecule has 1 aliphatic heterocycles. The number of benzene rings is 2. The summed E-state index contributed by atoms with van der Waals surface area (Å²) in [5, 5.41) is 8.25. The number of H-pyrrole nitrogens is 2. The van der Waals surface area contributed by atoms with Crippen LogP contribution in [0.15, 0.2) is 59.4 Å². The van der Waals surface area contributed by atoms with Crippen molar-refractivity contribution in [2.24, 2.45) is 11.1 Å². The van der Waals surface area contributed by atoms with Gasteiger partial charge in [0.1, 0.15) is 5.39 Å². The van der Waals surface area contributed by atoms with Crippen LogP contribution >= 0.6 is 0 Å². The summed E-state index contributed by atoms with van der Waals surface area (Å²) >= 11 is 0. The van der Waals surface area contributed by atoms with Crippen LogP contribution in [0, 0.1) is 5.41 Å². The van der Waals surface area contributed by atoms with Crippen molar-refractivity contribution >= 4 is 17.0 Å². The second-order valence-corrected chi connectivity index (χ2v) is 10.3. The smallest absolute Gasteiger partial charge is 0.263 e. The molecule has 3 aliphatic rings. The molecule has 1 saturated carbocycles. The van der Waals surface area contributed by atoms with Crippen molar-refractivity contribution in [2.75, 3.05) is 18.0 Å². The number of nitrogens with one attached hydrogen (secondary N) is 2. The van der Waals surface area contributed by atoms with Gasteiger partial charge in [-0.15, -0.1) is 0 Å². The van der Waals surface area contributed by atoms with Gasteiger partial charge in [-0.1, -0.05) is 54.6 Å². The Morgan fingerprint density at radius 1 is 0.971 bits per heavy atom. The molecule has 2 fully saturated rings. The predicted octanol–water partition coefficient (Wildman–Crippen LogP) is 3.57. The number of anilines is 1. The Kier molecular flexibility index (Phi) is 4.13. The molecule has 0 radical (unpaired) electrons. The van der Waals surface area contributed by atoms with Crippen LogP contribution in [0.1, 0.15) is 54.1 Å². The number of nitrogens with zero attached hydrogens (tertiary/aromatic N) is 3. The summed E-state index contributed by atoms with van der Waals surface area (Å²) in [5.74, 6) is 0.621. The molecule has 0 amide bonds. The molecular weight excluding hydrogens is 424 g/mol. The van der Waals surface area contributed by atoms with Gasteiger partial charge in [0.2, 0.25) is 5.95 Å². The van der Waals surface area contributed by atoms with Crippen LogP contribution in [0.5, 0.6) is 0 Å². The highest BCUT2D eigenvalue weighted by molar-refractivity contribution is 5.80. The zero-order valence-corrected chi connectivity index (χ0v) is 19.1. The van der Waals surface area contributed by atoms with E-state index in [2.05, 4.69) is 56.5 Å². The molecule has 2 aliphatic carbocycles. The fourth-order valence-corrected chi connectivity index (χ4v) is 6.44. The lowest BCUT2D eigenvalue weighted by atomic mass is 9.73. The van der Waals surface area contributed by atoms with Gasteiger partial charge in [-0.2, -0.15) is 10.1 Å². The minimum Gasteiger partial charge on any atom is -0.342 e. The number of hydrogen-bond donors (Lipinski definition) is 3. The van der Waals surface area contributed by atoms with E-state index in [9.17, 15) is 4.79 Å². The van der Waals surface area contributed by atoms with Gasteiger partial charge in [0.15, 0.2) is 5.65 Å². The van der Waals surface area contributed by atoms with E-state index in [4.69, 9.17) is 10.7 Å². The number of nitrogens with two attached hydrogens (primary N) is 1. The van der Waals surface area contributed by atoms with Gasteiger partial charge in [0.25, 0.3) is 5.56 Å². The fourth-order valence-electron chi connectivity index (χ4n) is 6.44. The van der Waals surface area contributed by atoms with Crippen molar-refractivity contribution in [3.05, 3.63) is 87.3 Å². The molecule has 4 aromatic rings. The highest BCUT2D eigenvalue weighted by atomic mass is 16.1. The molecule has 7 rings (SSSR count). The van der Waals surface area contributed by atoms with Crippen LogP contribution in [0.25, 0.3) is 11.0 Å². The monoisotopic (exact) mass is 452 g/mol. The van der Waals surface area contributed by atoms with E-state index in [0.29, 0.717) is 17.0 Å². The van der Waals surface area contributed by atoms with Gasteiger partial charge in [-0.3, -0.25) is 14.9 Å². The molecule has 3 heterocycles. The Hall–Kier alpha value is -3.45. The van der Waals surface area contributed by atoms with Crippen LogP contribution in [-0.4, -0.2) is 33.3 Å². The summed E-state index contributed by atoms with van der Waals surface area (Å²) in [6, 6.07) is 19.0. The Bertz CT molecular complexity index is 1440. The number of hydrogen-bond acceptors (Lipinski definition) is 5. The predicted molar refractivity (Wildman–Crippen MR) is 132 cm³/mol. The number of aromatic amines is 2. The van der Waals surface area contributed by atoms with Gasteiger partial charge < -0.3 is 10.6 Å². The van der Waals surface area contributed by atoms with E-state index in [0.717, 1.165) is 50.9 Å². The summed E-state index contributed by atoms with van der Waals surface area (Å²) in [6.07, 6.45) is 4.99. The maximum Gasteiger partial charge on any atom is 0.263 e. The topological polar surface area (TPSA) is 104 Å². The van der Waals surface area contributed by atoms with Crippen molar-refractivity contribution in [1.82, 2.24) is 20.2 Å². The molecule has 2 aromatic heterocycles. The lowest BCUT2D eigenvalue weighted by Gasteiger charge is -2.42. The fraction of sp³-hybridized carbons (Fsp3) is 0.370. The first-order valence-electron chi connectivity index (χ1n) is 12.2. The molecule has 7 nitrogen and oxygen atoms in total. The summed E-state index contributed by atoms with van der Waals surface area (Å²) in [7, 11) is 0. The van der Waals surface area contributed by atoms with E-state index in [1.807, 2.05) is 18.2 Å². The Morgan fingerprint density at radius 2 is 1.71 bits per heavy atom. The standard InChI is InChI=1S/C27H28N6O/c28-21-19-9-5-4-6-17(19)16-26(21)12-14-33(15-13-26)25-29-23-20(24(34)30-25)22(31-32-23)27(10-11-27)18-7-2-1-3-8-18/h1-9,21H,10-16,28H2,(H2,29,30,31,32,34)/t21-/m1/s1. The maximum absolute atomic E-state index is 13.3. The number of aromatic nitrogens is 4. The van der Waals surface area contributed by atoms with E-state index in [1.165, 1.54) is 16.7 Å². The second-order valence-electron chi connectivity index (χ2n) is 10.3. The average Bonchev–Trinajstić information content (AvgIpc) is 3.49. The van der Waals surface area contributed by atoms with Crippen LogP contribution in [0.3, 0.4) is 0 Å². The summed E-state index contributed by atoms with van der Waals surface area (Å²) in [4.78, 5) is 23.3. The van der Waals surface area contributed by atoms with Crippen molar-refractivity contribution in [2.45, 2.75) is 43.6 Å². The van der Waals surface area contributed by atoms with Crippen LogP contribution < -0.4 is 16.2 Å². The largest absolute Gasteiger partial charge is 0.342 e. The average molecular weight is 453 g/mol. The first kappa shape index (κ1) is 20.0. The molecule has 172 valence electrons. The van der Waals surface area contributed by atoms with Gasteiger partial charge >= 0.3 is 0 Å². The van der Waals surface area contributed by atoms with Crippen LogP contribution in [-0.2, 0) is 11.8 Å². The number of piperidine rings is 1. The lowest BCUT2D eigenvalue weighted by Crippen LogP contribution is -2.45. The zero-order chi connectivity index (χ0) is 22.9. The van der Waals surface area contributed by atoms with Crippen molar-refractivity contribution in [1.29, 1.82) is 0 Å². The minimum absolute atomic E-state index is 0.0724. The molecule has 1 spiro atoms. The molecule has 7 heteroatoms. The first-order valence-corrected chi connectivity index (χ1v) is 12.2. The molecule has 2 aromatic carbocycles. The SMILES string of the molecule is N[C@@H]1c2ccccc2CC12CCN(c1nc3[nH]nc(C4(c5ccccc5)CC4)c3c(=O)[nH]1)CC2. The molecule has 34 heavy (non-hydrogen) atoms. The third kappa shape index (κ3) is 2.76. The molecule has 0 bridgehead atoms. The Balaban J connectivity index is 1.17. The summed E-state index contributed by atoms with van der Waals surface area (Å²) < 4.78 is 0. The second kappa shape index (κ2) is 7.03. The maximum atomic E-state index is 13.3. The highest BCUT2D eigenvalue weighted by Crippen LogP contribution is 2.54. The van der Waals surface area contributed by atoms with E-state index >= 15 is 0 Å². The van der Waals surface area contributed by atoms with Gasteiger partial charge in [-0.05, 0) is 54.2 Å².